The van der Waals surface area contributed by atoms with Gasteiger partial charge in [-0.3, -0.25) is 9.35 Å². The number of amides is 1. The van der Waals surface area contributed by atoms with E-state index in [2.05, 4.69) is 5.32 Å². The van der Waals surface area contributed by atoms with E-state index in [0.717, 1.165) is 17.5 Å². The lowest BCUT2D eigenvalue weighted by Gasteiger charge is -2.26. The summed E-state index contributed by atoms with van der Waals surface area (Å²) in [6.07, 6.45) is 1.40. The Morgan fingerprint density at radius 3 is 2.90 bits per heavy atom. The summed E-state index contributed by atoms with van der Waals surface area (Å²) in [6.45, 7) is 0.542. The molecule has 1 aliphatic heterocycles. The van der Waals surface area contributed by atoms with Crippen LogP contribution in [0, 0.1) is 0 Å². The lowest BCUT2D eigenvalue weighted by atomic mass is 9.93. The van der Waals surface area contributed by atoms with Crippen LogP contribution in [0.15, 0.2) is 18.2 Å². The molecule has 21 heavy (non-hydrogen) atoms. The van der Waals surface area contributed by atoms with Crippen molar-refractivity contribution < 1.29 is 22.5 Å². The van der Waals surface area contributed by atoms with Crippen molar-refractivity contribution >= 4 is 16.0 Å². The van der Waals surface area contributed by atoms with Gasteiger partial charge in [0, 0.05) is 12.6 Å². The van der Waals surface area contributed by atoms with Crippen LogP contribution in [0.5, 0.6) is 0 Å². The van der Waals surface area contributed by atoms with Gasteiger partial charge in [-0.2, -0.15) is 8.42 Å². The van der Waals surface area contributed by atoms with Gasteiger partial charge in [0.25, 0.3) is 16.0 Å². The highest BCUT2D eigenvalue weighted by Crippen LogP contribution is 2.31. The maximum absolute atomic E-state index is 11.6. The van der Waals surface area contributed by atoms with Gasteiger partial charge in [0.05, 0.1) is 18.5 Å². The molecular formula is C14H19NO5S. The van der Waals surface area contributed by atoms with Gasteiger partial charge >= 0.3 is 0 Å². The van der Waals surface area contributed by atoms with Gasteiger partial charge in [-0.15, -0.1) is 0 Å². The third-order valence-corrected chi connectivity index (χ3v) is 4.34. The van der Waals surface area contributed by atoms with Gasteiger partial charge in [-0.1, -0.05) is 6.07 Å². The third kappa shape index (κ3) is 4.26. The molecule has 0 radical (unpaired) electrons. The van der Waals surface area contributed by atoms with Crippen molar-refractivity contribution in [3.63, 3.8) is 0 Å². The summed E-state index contributed by atoms with van der Waals surface area (Å²) in [5.41, 5.74) is 2.65. The zero-order chi connectivity index (χ0) is 15.5. The van der Waals surface area contributed by atoms with Crippen LogP contribution in [0.4, 0.5) is 0 Å². The van der Waals surface area contributed by atoms with Crippen LogP contribution in [0.2, 0.25) is 0 Å². The SMILES string of the molecule is CNC(=O)c1ccc2c(c1)CCOC2CCCS(=O)(=O)O. The molecule has 0 saturated heterocycles. The number of nitrogens with one attached hydrogen (secondary N) is 1. The molecule has 1 atom stereocenters. The Hall–Kier alpha value is -1.44. The van der Waals surface area contributed by atoms with E-state index in [1.807, 2.05) is 12.1 Å². The average Bonchev–Trinajstić information content (AvgIpc) is 2.44. The molecule has 0 aliphatic carbocycles. The Bertz CT molecular complexity index is 626. The predicted octanol–water partition coefficient (Wildman–Crippen LogP) is 1.33. The minimum absolute atomic E-state index is 0.132. The molecular weight excluding hydrogens is 294 g/mol. The summed E-state index contributed by atoms with van der Waals surface area (Å²) in [6, 6.07) is 5.45. The fourth-order valence-electron chi connectivity index (χ4n) is 2.51. The van der Waals surface area contributed by atoms with Crippen LogP contribution in [0.1, 0.15) is 40.4 Å². The summed E-state index contributed by atoms with van der Waals surface area (Å²) in [5.74, 6) is -0.398. The molecule has 0 fully saturated rings. The van der Waals surface area contributed by atoms with Crippen LogP contribution in [0.25, 0.3) is 0 Å². The van der Waals surface area contributed by atoms with E-state index in [-0.39, 0.29) is 17.8 Å². The van der Waals surface area contributed by atoms with Crippen LogP contribution >= 0.6 is 0 Å². The normalized spacial score (nSPS) is 18.1. The zero-order valence-corrected chi connectivity index (χ0v) is 12.6. The molecule has 2 N–H and O–H groups in total. The zero-order valence-electron chi connectivity index (χ0n) is 11.8. The monoisotopic (exact) mass is 313 g/mol. The number of ether oxygens (including phenoxy) is 1. The number of carbonyl (C=O) groups excluding carboxylic acids is 1. The topological polar surface area (TPSA) is 92.7 Å². The Morgan fingerprint density at radius 2 is 2.24 bits per heavy atom. The van der Waals surface area contributed by atoms with Crippen LogP contribution < -0.4 is 5.32 Å². The second kappa shape index (κ2) is 6.55. The van der Waals surface area contributed by atoms with Crippen molar-refractivity contribution in [1.82, 2.24) is 5.32 Å². The molecule has 0 spiro atoms. The summed E-state index contributed by atoms with van der Waals surface area (Å²) in [7, 11) is -2.35. The van der Waals surface area contributed by atoms with Crippen molar-refractivity contribution in [1.29, 1.82) is 0 Å². The Balaban J connectivity index is 2.10. The van der Waals surface area contributed by atoms with Crippen molar-refractivity contribution in [2.75, 3.05) is 19.4 Å². The fraction of sp³-hybridized carbons (Fsp3) is 0.500. The summed E-state index contributed by atoms with van der Waals surface area (Å²) in [5, 5.41) is 2.59. The molecule has 6 nitrogen and oxygen atoms in total. The minimum Gasteiger partial charge on any atom is -0.373 e. The van der Waals surface area contributed by atoms with E-state index < -0.39 is 10.1 Å². The molecule has 1 amide bonds. The molecule has 0 aromatic heterocycles. The molecule has 2 rings (SSSR count). The first-order chi connectivity index (χ1) is 9.90. The number of fused-ring (bicyclic) bond motifs is 1. The lowest BCUT2D eigenvalue weighted by Crippen LogP contribution is -2.21. The maximum atomic E-state index is 11.6. The summed E-state index contributed by atoms with van der Waals surface area (Å²) in [4.78, 5) is 11.6. The van der Waals surface area contributed by atoms with E-state index in [0.29, 0.717) is 25.0 Å². The second-order valence-corrected chi connectivity index (χ2v) is 6.60. The van der Waals surface area contributed by atoms with Crippen molar-refractivity contribution in [3.8, 4) is 0 Å². The van der Waals surface area contributed by atoms with Gasteiger partial charge in [-0.25, -0.2) is 0 Å². The number of rotatable bonds is 5. The number of hydrogen-bond donors (Lipinski definition) is 2. The van der Waals surface area contributed by atoms with E-state index in [1.165, 1.54) is 0 Å². The summed E-state index contributed by atoms with van der Waals surface area (Å²) >= 11 is 0. The van der Waals surface area contributed by atoms with Crippen molar-refractivity contribution in [2.45, 2.75) is 25.4 Å². The van der Waals surface area contributed by atoms with Gasteiger partial charge in [0.1, 0.15) is 0 Å². The van der Waals surface area contributed by atoms with Crippen molar-refractivity contribution in [2.24, 2.45) is 0 Å². The summed E-state index contributed by atoms with van der Waals surface area (Å²) < 4.78 is 35.9. The molecule has 1 unspecified atom stereocenters. The standard InChI is InChI=1S/C14H19NO5S/c1-15-14(16)11-4-5-12-10(9-11)6-7-20-13(12)3-2-8-21(17,18)19/h4-5,9,13H,2-3,6-8H2,1H3,(H,15,16)(H,17,18,19). The molecule has 0 bridgehead atoms. The lowest BCUT2D eigenvalue weighted by molar-refractivity contribution is 0.0361. The second-order valence-electron chi connectivity index (χ2n) is 5.03. The molecule has 116 valence electrons. The van der Waals surface area contributed by atoms with E-state index >= 15 is 0 Å². The van der Waals surface area contributed by atoms with Gasteiger partial charge in [-0.05, 0) is 42.5 Å². The van der Waals surface area contributed by atoms with Gasteiger partial charge in [0.15, 0.2) is 0 Å². The van der Waals surface area contributed by atoms with Crippen LogP contribution in [-0.2, 0) is 21.3 Å². The fourth-order valence-corrected chi connectivity index (χ4v) is 3.04. The van der Waals surface area contributed by atoms with E-state index in [4.69, 9.17) is 9.29 Å². The van der Waals surface area contributed by atoms with Crippen molar-refractivity contribution in [3.05, 3.63) is 34.9 Å². The quantitative estimate of drug-likeness (QED) is 0.800. The highest BCUT2D eigenvalue weighted by Gasteiger charge is 2.22. The smallest absolute Gasteiger partial charge is 0.264 e. The molecule has 1 aromatic carbocycles. The highest BCUT2D eigenvalue weighted by atomic mass is 32.2. The maximum Gasteiger partial charge on any atom is 0.264 e. The first-order valence-electron chi connectivity index (χ1n) is 6.82. The molecule has 7 heteroatoms. The predicted molar refractivity (Wildman–Crippen MR) is 77.9 cm³/mol. The third-order valence-electron chi connectivity index (χ3n) is 3.54. The molecule has 1 heterocycles. The first-order valence-corrected chi connectivity index (χ1v) is 8.43. The average molecular weight is 313 g/mol. The largest absolute Gasteiger partial charge is 0.373 e. The Labute approximate surface area is 124 Å². The first kappa shape index (κ1) is 15.9. The van der Waals surface area contributed by atoms with Gasteiger partial charge < -0.3 is 10.1 Å². The molecule has 1 aliphatic rings. The van der Waals surface area contributed by atoms with Crippen LogP contribution in [-0.4, -0.2) is 38.3 Å². The van der Waals surface area contributed by atoms with E-state index in [1.54, 1.807) is 13.1 Å². The Kier molecular flexibility index (Phi) is 4.97. The minimum atomic E-state index is -3.93. The Morgan fingerprint density at radius 1 is 1.48 bits per heavy atom. The number of hydrogen-bond acceptors (Lipinski definition) is 4. The number of carbonyl (C=O) groups is 1. The molecule has 1 aromatic rings. The highest BCUT2D eigenvalue weighted by molar-refractivity contribution is 7.85. The number of benzene rings is 1. The molecule has 0 saturated carbocycles. The van der Waals surface area contributed by atoms with E-state index in [9.17, 15) is 13.2 Å². The van der Waals surface area contributed by atoms with Gasteiger partial charge in [0.2, 0.25) is 0 Å². The van der Waals surface area contributed by atoms with Crippen LogP contribution in [0.3, 0.4) is 0 Å².